The molecular formula is C17H20N4O4S. The lowest BCUT2D eigenvalue weighted by Crippen LogP contribution is -2.48. The van der Waals surface area contributed by atoms with Gasteiger partial charge in [0.1, 0.15) is 17.3 Å². The molecule has 9 heteroatoms. The van der Waals surface area contributed by atoms with Gasteiger partial charge in [0.15, 0.2) is 0 Å². The standard InChI is InChI=1S/C17H20N4O4S/c1-5-20-15-11(9-18-16(19-15)26(4)23)10-21(17(20)22)12-6-13(24-2)8-14(7-12)25-3/h6-9H,5,10H2,1-4H3/t26-/m0/s1. The molecule has 1 aromatic carbocycles. The Kier molecular flexibility index (Phi) is 5.08. The van der Waals surface area contributed by atoms with Gasteiger partial charge in [-0.05, 0) is 6.92 Å². The second kappa shape index (κ2) is 7.28. The van der Waals surface area contributed by atoms with Gasteiger partial charge >= 0.3 is 6.03 Å². The summed E-state index contributed by atoms with van der Waals surface area (Å²) in [7, 11) is 1.80. The molecule has 0 aliphatic carbocycles. The fourth-order valence-corrected chi connectivity index (χ4v) is 3.19. The van der Waals surface area contributed by atoms with Crippen molar-refractivity contribution in [2.45, 2.75) is 18.6 Å². The van der Waals surface area contributed by atoms with E-state index in [2.05, 4.69) is 9.97 Å². The molecular weight excluding hydrogens is 356 g/mol. The first kappa shape index (κ1) is 18.1. The smallest absolute Gasteiger partial charge is 0.330 e. The number of benzene rings is 1. The Bertz CT molecular complexity index is 852. The van der Waals surface area contributed by atoms with Gasteiger partial charge in [0.2, 0.25) is 5.16 Å². The van der Waals surface area contributed by atoms with E-state index in [9.17, 15) is 9.00 Å². The number of carbonyl (C=O) groups excluding carboxylic acids is 1. The van der Waals surface area contributed by atoms with E-state index in [4.69, 9.17) is 9.47 Å². The van der Waals surface area contributed by atoms with Gasteiger partial charge in [0, 0.05) is 42.8 Å². The van der Waals surface area contributed by atoms with Crippen LogP contribution >= 0.6 is 0 Å². The Balaban J connectivity index is 2.06. The first-order chi connectivity index (χ1) is 12.5. The lowest BCUT2D eigenvalue weighted by atomic mass is 10.2. The van der Waals surface area contributed by atoms with E-state index >= 15 is 0 Å². The van der Waals surface area contributed by atoms with Crippen LogP contribution in [0.15, 0.2) is 29.6 Å². The van der Waals surface area contributed by atoms with E-state index in [0.717, 1.165) is 5.56 Å². The number of urea groups is 1. The quantitative estimate of drug-likeness (QED) is 0.744. The van der Waals surface area contributed by atoms with Crippen LogP contribution in [0, 0.1) is 0 Å². The van der Waals surface area contributed by atoms with Crippen molar-refractivity contribution in [1.29, 1.82) is 0 Å². The van der Waals surface area contributed by atoms with Gasteiger partial charge in [-0.15, -0.1) is 0 Å². The van der Waals surface area contributed by atoms with Gasteiger partial charge in [0.25, 0.3) is 0 Å². The summed E-state index contributed by atoms with van der Waals surface area (Å²) >= 11 is 0. The monoisotopic (exact) mass is 376 g/mol. The summed E-state index contributed by atoms with van der Waals surface area (Å²) in [6.07, 6.45) is 3.13. The zero-order valence-electron chi connectivity index (χ0n) is 15.1. The van der Waals surface area contributed by atoms with Crippen molar-refractivity contribution in [3.05, 3.63) is 30.0 Å². The average Bonchev–Trinajstić information content (AvgIpc) is 2.66. The molecule has 8 nitrogen and oxygen atoms in total. The van der Waals surface area contributed by atoms with Crippen LogP contribution in [0.4, 0.5) is 16.3 Å². The second-order valence-corrected chi connectivity index (χ2v) is 6.91. The van der Waals surface area contributed by atoms with Crippen molar-refractivity contribution in [2.24, 2.45) is 0 Å². The van der Waals surface area contributed by atoms with E-state index in [0.29, 0.717) is 36.1 Å². The van der Waals surface area contributed by atoms with E-state index < -0.39 is 10.8 Å². The van der Waals surface area contributed by atoms with Crippen LogP contribution < -0.4 is 19.3 Å². The molecule has 3 rings (SSSR count). The molecule has 0 saturated carbocycles. The van der Waals surface area contributed by atoms with E-state index in [1.54, 1.807) is 48.4 Å². The van der Waals surface area contributed by atoms with E-state index in [1.165, 1.54) is 6.26 Å². The number of hydrogen-bond acceptors (Lipinski definition) is 6. The third-order valence-corrected chi connectivity index (χ3v) is 4.80. The molecule has 2 amide bonds. The molecule has 0 radical (unpaired) electrons. The Morgan fingerprint density at radius 2 is 1.85 bits per heavy atom. The highest BCUT2D eigenvalue weighted by Gasteiger charge is 2.32. The van der Waals surface area contributed by atoms with E-state index in [1.807, 2.05) is 6.92 Å². The molecule has 1 aromatic heterocycles. The topological polar surface area (TPSA) is 84.9 Å². The molecule has 1 atom stereocenters. The largest absolute Gasteiger partial charge is 0.497 e. The number of anilines is 2. The van der Waals surface area contributed by atoms with Gasteiger partial charge in [0.05, 0.1) is 37.3 Å². The maximum Gasteiger partial charge on any atom is 0.330 e. The third-order valence-electron chi connectivity index (χ3n) is 4.09. The average molecular weight is 376 g/mol. The van der Waals surface area contributed by atoms with Crippen LogP contribution in [0.1, 0.15) is 12.5 Å². The SMILES string of the molecule is CCN1C(=O)N(c2cc(OC)cc(OC)c2)Cc2cnc([S@](C)=O)nc21. The lowest BCUT2D eigenvalue weighted by molar-refractivity contribution is 0.250. The summed E-state index contributed by atoms with van der Waals surface area (Å²) in [6, 6.07) is 5.07. The van der Waals surface area contributed by atoms with Crippen molar-refractivity contribution < 1.29 is 18.5 Å². The summed E-state index contributed by atoms with van der Waals surface area (Å²) < 4.78 is 22.3. The van der Waals surface area contributed by atoms with Crippen molar-refractivity contribution in [3.63, 3.8) is 0 Å². The van der Waals surface area contributed by atoms with Crippen molar-refractivity contribution >= 4 is 28.3 Å². The van der Waals surface area contributed by atoms with Gasteiger partial charge in [-0.25, -0.2) is 14.8 Å². The molecule has 0 bridgehead atoms. The number of aromatic nitrogens is 2. The highest BCUT2D eigenvalue weighted by molar-refractivity contribution is 7.84. The number of rotatable bonds is 5. The number of ether oxygens (including phenoxy) is 2. The summed E-state index contributed by atoms with van der Waals surface area (Å²) in [5.74, 6) is 1.69. The maximum atomic E-state index is 13.0. The number of nitrogens with zero attached hydrogens (tertiary/aromatic N) is 4. The molecule has 0 spiro atoms. The summed E-state index contributed by atoms with van der Waals surface area (Å²) in [5, 5.41) is 0.214. The zero-order valence-corrected chi connectivity index (χ0v) is 15.9. The number of hydrogen-bond donors (Lipinski definition) is 0. The minimum absolute atomic E-state index is 0.214. The molecule has 1 aliphatic rings. The fourth-order valence-electron chi connectivity index (χ4n) is 2.78. The first-order valence-corrected chi connectivity index (χ1v) is 9.55. The Morgan fingerprint density at radius 3 is 2.38 bits per heavy atom. The molecule has 1 aliphatic heterocycles. The molecule has 2 heterocycles. The Labute approximate surface area is 154 Å². The minimum atomic E-state index is -1.32. The van der Waals surface area contributed by atoms with E-state index in [-0.39, 0.29) is 11.2 Å². The van der Waals surface area contributed by atoms with Crippen molar-refractivity contribution in [3.8, 4) is 11.5 Å². The summed E-state index contributed by atoms with van der Waals surface area (Å²) in [4.78, 5) is 24.7. The minimum Gasteiger partial charge on any atom is -0.497 e. The van der Waals surface area contributed by atoms with Crippen LogP contribution in [0.25, 0.3) is 0 Å². The number of amides is 2. The maximum absolute atomic E-state index is 13.0. The molecule has 0 N–H and O–H groups in total. The number of fused-ring (bicyclic) bond motifs is 1. The highest BCUT2D eigenvalue weighted by Crippen LogP contribution is 2.34. The van der Waals surface area contributed by atoms with Crippen LogP contribution in [0.3, 0.4) is 0 Å². The molecule has 2 aromatic rings. The Hall–Kier alpha value is -2.68. The van der Waals surface area contributed by atoms with Crippen molar-refractivity contribution in [2.75, 3.05) is 36.8 Å². The normalized spacial score (nSPS) is 14.8. The predicted molar refractivity (Wildman–Crippen MR) is 98.5 cm³/mol. The summed E-state index contributed by atoms with van der Waals surface area (Å²) in [6.45, 7) is 2.59. The third kappa shape index (κ3) is 3.22. The fraction of sp³-hybridized carbons (Fsp3) is 0.353. The van der Waals surface area contributed by atoms with Gasteiger partial charge < -0.3 is 9.47 Å². The molecule has 0 saturated heterocycles. The van der Waals surface area contributed by atoms with Crippen LogP contribution in [-0.4, -0.2) is 47.2 Å². The molecule has 0 fully saturated rings. The second-order valence-electron chi connectivity index (χ2n) is 5.64. The Morgan fingerprint density at radius 1 is 1.19 bits per heavy atom. The zero-order chi connectivity index (χ0) is 18.8. The molecule has 26 heavy (non-hydrogen) atoms. The first-order valence-electron chi connectivity index (χ1n) is 8.00. The highest BCUT2D eigenvalue weighted by atomic mass is 32.2. The van der Waals surface area contributed by atoms with Gasteiger partial charge in [-0.2, -0.15) is 0 Å². The molecule has 138 valence electrons. The predicted octanol–water partition coefficient (Wildman–Crippen LogP) is 2.20. The van der Waals surface area contributed by atoms with Gasteiger partial charge in [-0.3, -0.25) is 14.0 Å². The molecule has 0 unspecified atom stereocenters. The van der Waals surface area contributed by atoms with Crippen LogP contribution in [0.5, 0.6) is 11.5 Å². The van der Waals surface area contributed by atoms with Gasteiger partial charge in [-0.1, -0.05) is 0 Å². The number of methoxy groups -OCH3 is 2. The summed E-state index contributed by atoms with van der Waals surface area (Å²) in [5.41, 5.74) is 1.43. The van der Waals surface area contributed by atoms with Crippen LogP contribution in [-0.2, 0) is 17.3 Å². The number of carbonyl (C=O) groups is 1. The lowest BCUT2D eigenvalue weighted by Gasteiger charge is -2.35. The van der Waals surface area contributed by atoms with Crippen LogP contribution in [0.2, 0.25) is 0 Å². The van der Waals surface area contributed by atoms with Crippen molar-refractivity contribution in [1.82, 2.24) is 9.97 Å².